The van der Waals surface area contributed by atoms with Gasteiger partial charge in [0.05, 0.1) is 6.61 Å². The summed E-state index contributed by atoms with van der Waals surface area (Å²) < 4.78 is 10.5. The number of carbonyl (C=O) groups is 6. The molecule has 1 aliphatic heterocycles. The van der Waals surface area contributed by atoms with Crippen molar-refractivity contribution in [3.63, 3.8) is 0 Å². The Bertz CT molecular complexity index is 1800. The molecule has 0 radical (unpaired) electrons. The van der Waals surface area contributed by atoms with Gasteiger partial charge >= 0.3 is 12.1 Å². The van der Waals surface area contributed by atoms with Crippen molar-refractivity contribution in [1.29, 1.82) is 0 Å². The molecule has 3 aromatic carbocycles. The van der Waals surface area contributed by atoms with E-state index in [0.717, 1.165) is 16.7 Å². The topological polar surface area (TPSA) is 181 Å². The maximum Gasteiger partial charge on any atom is 0.408 e. The van der Waals surface area contributed by atoms with Crippen LogP contribution in [0.1, 0.15) is 90.3 Å². The van der Waals surface area contributed by atoms with Crippen LogP contribution in [-0.4, -0.2) is 72.6 Å². The summed E-state index contributed by atoms with van der Waals surface area (Å²) in [5.41, 5.74) is 0.468. The first kappa shape index (κ1) is 45.7. The lowest BCUT2D eigenvalue weighted by molar-refractivity contribution is -0.137. The Labute approximate surface area is 347 Å². The molecule has 1 aliphatic rings. The van der Waals surface area contributed by atoms with E-state index in [9.17, 15) is 28.8 Å². The van der Waals surface area contributed by atoms with E-state index in [4.69, 9.17) is 9.47 Å². The molecule has 0 saturated carbocycles. The number of ether oxygens (including phenoxy) is 2. The third-order valence-corrected chi connectivity index (χ3v) is 9.74. The summed E-state index contributed by atoms with van der Waals surface area (Å²) in [4.78, 5) is 80.1. The molecule has 0 aliphatic carbocycles. The van der Waals surface area contributed by atoms with Gasteiger partial charge in [0.15, 0.2) is 0 Å². The van der Waals surface area contributed by atoms with Crippen LogP contribution in [0.4, 0.5) is 4.79 Å². The van der Waals surface area contributed by atoms with E-state index < -0.39 is 59.0 Å². The van der Waals surface area contributed by atoms with Crippen molar-refractivity contribution < 1.29 is 38.2 Å². The van der Waals surface area contributed by atoms with Gasteiger partial charge in [0.1, 0.15) is 23.2 Å². The van der Waals surface area contributed by atoms with Crippen molar-refractivity contribution in [2.45, 2.75) is 103 Å². The Balaban J connectivity index is 1.60. The molecule has 1 fully saturated rings. The second kappa shape index (κ2) is 21.7. The number of esters is 1. The van der Waals surface area contributed by atoms with Gasteiger partial charge in [-0.25, -0.2) is 9.59 Å². The highest BCUT2D eigenvalue weighted by atomic mass is 16.6. The Morgan fingerprint density at radius 3 is 1.81 bits per heavy atom. The van der Waals surface area contributed by atoms with Gasteiger partial charge in [-0.1, -0.05) is 111 Å². The van der Waals surface area contributed by atoms with Gasteiger partial charge in [-0.15, -0.1) is 0 Å². The third-order valence-electron chi connectivity index (χ3n) is 9.74. The Hall–Kier alpha value is -5.98. The summed E-state index contributed by atoms with van der Waals surface area (Å²) in [5, 5.41) is 14.4. The molecule has 0 bridgehead atoms. The summed E-state index contributed by atoms with van der Waals surface area (Å²) in [5.74, 6) is -2.81. The number of amides is 5. The van der Waals surface area contributed by atoms with Crippen molar-refractivity contribution >= 4 is 35.7 Å². The molecule has 1 heterocycles. The van der Waals surface area contributed by atoms with Crippen molar-refractivity contribution in [2.24, 2.45) is 11.8 Å². The third kappa shape index (κ3) is 13.8. The molecule has 3 aromatic rings. The fourth-order valence-electron chi connectivity index (χ4n) is 7.05. The Morgan fingerprint density at radius 1 is 0.797 bits per heavy atom. The number of hydrogen-bond donors (Lipinski definition) is 5. The maximum absolute atomic E-state index is 14.2. The summed E-state index contributed by atoms with van der Waals surface area (Å²) in [6.45, 7) is 11.2. The minimum Gasteiger partial charge on any atom is -0.463 e. The molecule has 316 valence electrons. The van der Waals surface area contributed by atoms with E-state index >= 15 is 0 Å². The van der Waals surface area contributed by atoms with Gasteiger partial charge in [0.25, 0.3) is 0 Å². The predicted octanol–water partition coefficient (Wildman–Crippen LogP) is 5.43. The maximum atomic E-state index is 14.2. The first-order valence-electron chi connectivity index (χ1n) is 20.3. The fraction of sp³-hybridized carbons (Fsp3) is 0.435. The fourth-order valence-corrected chi connectivity index (χ4v) is 7.05. The number of nitrogens with one attached hydrogen (secondary N) is 5. The first-order chi connectivity index (χ1) is 28.1. The number of rotatable bonds is 19. The van der Waals surface area contributed by atoms with E-state index in [0.29, 0.717) is 13.0 Å². The first-order valence-corrected chi connectivity index (χ1v) is 20.3. The molecule has 0 unspecified atom stereocenters. The summed E-state index contributed by atoms with van der Waals surface area (Å²) in [7, 11) is 0. The van der Waals surface area contributed by atoms with Crippen LogP contribution in [0.3, 0.4) is 0 Å². The van der Waals surface area contributed by atoms with Gasteiger partial charge in [0, 0.05) is 31.0 Å². The predicted molar refractivity (Wildman–Crippen MR) is 225 cm³/mol. The van der Waals surface area contributed by atoms with E-state index in [1.807, 2.05) is 105 Å². The SMILES string of the molecule is CCOC(=O)C=C[C@H](C[C@@H]1CCNC1=O)NC(=O)[C@H](CC(C)C)NC(=O)[C@H](CCC(=O)NC(c1ccccc1)(c1ccccc1)c1ccccc1)NC(=O)OC(C)(C)C. The van der Waals surface area contributed by atoms with Gasteiger partial charge in [0.2, 0.25) is 23.6 Å². The zero-order valence-corrected chi connectivity index (χ0v) is 34.9. The van der Waals surface area contributed by atoms with Crippen LogP contribution in [0.15, 0.2) is 103 Å². The highest BCUT2D eigenvalue weighted by Crippen LogP contribution is 2.37. The zero-order valence-electron chi connectivity index (χ0n) is 34.9. The summed E-state index contributed by atoms with van der Waals surface area (Å²) >= 11 is 0. The molecule has 0 aromatic heterocycles. The molecule has 5 N–H and O–H groups in total. The summed E-state index contributed by atoms with van der Waals surface area (Å²) in [6, 6.07) is 25.7. The van der Waals surface area contributed by atoms with Crippen LogP contribution in [-0.2, 0) is 39.0 Å². The van der Waals surface area contributed by atoms with Crippen molar-refractivity contribution in [1.82, 2.24) is 26.6 Å². The highest BCUT2D eigenvalue weighted by molar-refractivity contribution is 5.92. The quantitative estimate of drug-likeness (QED) is 0.0604. The van der Waals surface area contributed by atoms with E-state index in [1.54, 1.807) is 27.7 Å². The minimum absolute atomic E-state index is 0.0506. The number of benzene rings is 3. The normalized spacial score (nSPS) is 15.7. The molecular weight excluding hydrogens is 751 g/mol. The Morgan fingerprint density at radius 2 is 1.34 bits per heavy atom. The van der Waals surface area contributed by atoms with Gasteiger partial charge in [-0.3, -0.25) is 19.2 Å². The second-order valence-corrected chi connectivity index (χ2v) is 16.1. The van der Waals surface area contributed by atoms with Gasteiger partial charge in [-0.2, -0.15) is 0 Å². The monoisotopic (exact) mass is 809 g/mol. The number of carbonyl (C=O) groups excluding carboxylic acids is 6. The average Bonchev–Trinajstić information content (AvgIpc) is 3.60. The molecule has 13 heteroatoms. The van der Waals surface area contributed by atoms with Crippen LogP contribution < -0.4 is 26.6 Å². The lowest BCUT2D eigenvalue weighted by Crippen LogP contribution is -2.56. The molecule has 5 amide bonds. The zero-order chi connectivity index (χ0) is 43.0. The van der Waals surface area contributed by atoms with E-state index in [-0.39, 0.29) is 50.0 Å². The average molecular weight is 810 g/mol. The van der Waals surface area contributed by atoms with Gasteiger partial charge < -0.3 is 36.1 Å². The molecule has 4 atom stereocenters. The van der Waals surface area contributed by atoms with Crippen LogP contribution in [0.5, 0.6) is 0 Å². The van der Waals surface area contributed by atoms with Crippen molar-refractivity contribution in [2.75, 3.05) is 13.2 Å². The highest BCUT2D eigenvalue weighted by Gasteiger charge is 2.38. The molecule has 59 heavy (non-hydrogen) atoms. The lowest BCUT2D eigenvalue weighted by atomic mass is 9.77. The largest absolute Gasteiger partial charge is 0.463 e. The second-order valence-electron chi connectivity index (χ2n) is 16.1. The molecule has 1 saturated heterocycles. The van der Waals surface area contributed by atoms with Gasteiger partial charge in [-0.05, 0) is 76.0 Å². The number of hydrogen-bond acceptors (Lipinski definition) is 8. The number of alkyl carbamates (subject to hydrolysis) is 1. The molecular formula is C46H59N5O8. The molecule has 13 nitrogen and oxygen atoms in total. The standard InChI is InChI=1S/C46H59N5O8/c1-7-58-40(53)26-23-36(30-32-27-28-47-41(32)54)48-43(56)38(29-31(2)3)49-42(55)37(50-44(57)59-45(4,5)6)24-25-39(52)51-46(33-17-11-8-12-18-33,34-19-13-9-14-20-34)35-21-15-10-16-22-35/h8-23,26,31-32,36-38H,7,24-25,27-30H2,1-6H3,(H,47,54)(H,48,56)(H,49,55)(H,50,57)(H,51,52)/t32-,36+,37-,38-/m0/s1. The molecule has 0 spiro atoms. The van der Waals surface area contributed by atoms with Crippen LogP contribution in [0, 0.1) is 11.8 Å². The smallest absolute Gasteiger partial charge is 0.408 e. The van der Waals surface area contributed by atoms with Crippen LogP contribution >= 0.6 is 0 Å². The van der Waals surface area contributed by atoms with E-state index in [1.165, 1.54) is 12.2 Å². The summed E-state index contributed by atoms with van der Waals surface area (Å²) in [6.07, 6.45) is 2.53. The minimum atomic E-state index is -1.28. The Kier molecular flexibility index (Phi) is 16.8. The lowest BCUT2D eigenvalue weighted by Gasteiger charge is -2.37. The van der Waals surface area contributed by atoms with Crippen LogP contribution in [0.2, 0.25) is 0 Å². The molecule has 4 rings (SSSR count). The van der Waals surface area contributed by atoms with Crippen LogP contribution in [0.25, 0.3) is 0 Å². The van der Waals surface area contributed by atoms with E-state index in [2.05, 4.69) is 26.6 Å². The van der Waals surface area contributed by atoms with Crippen molar-refractivity contribution in [3.05, 3.63) is 120 Å². The van der Waals surface area contributed by atoms with Crippen molar-refractivity contribution in [3.8, 4) is 0 Å².